The number of amides is 1. The molecule has 9 heteroatoms. The van der Waals surface area contributed by atoms with E-state index in [4.69, 9.17) is 4.74 Å². The number of nitrogens with zero attached hydrogens (tertiary/aromatic N) is 1. The molecule has 8 nitrogen and oxygen atoms in total. The summed E-state index contributed by atoms with van der Waals surface area (Å²) < 4.78 is 32.8. The molecule has 0 saturated carbocycles. The molecule has 166 valence electrons. The predicted molar refractivity (Wildman–Crippen MR) is 117 cm³/mol. The van der Waals surface area contributed by atoms with Crippen molar-refractivity contribution in [3.8, 4) is 0 Å². The van der Waals surface area contributed by atoms with Gasteiger partial charge in [0.25, 0.3) is 5.91 Å². The molecule has 0 spiro atoms. The summed E-state index contributed by atoms with van der Waals surface area (Å²) >= 11 is 0. The lowest BCUT2D eigenvalue weighted by atomic mass is 10.1. The Morgan fingerprint density at radius 1 is 1.17 bits per heavy atom. The average molecular weight is 438 g/mol. The summed E-state index contributed by atoms with van der Waals surface area (Å²) in [4.78, 5) is 27.4. The van der Waals surface area contributed by atoms with Gasteiger partial charge in [-0.25, -0.2) is 8.42 Å². The van der Waals surface area contributed by atoms with Gasteiger partial charge in [-0.05, 0) is 38.0 Å². The van der Waals surface area contributed by atoms with Crippen molar-refractivity contribution in [2.45, 2.75) is 44.9 Å². The van der Waals surface area contributed by atoms with Crippen LogP contribution < -0.4 is 10.9 Å². The quantitative estimate of drug-likeness (QED) is 0.496. The molecule has 2 aromatic rings. The van der Waals surface area contributed by atoms with Crippen molar-refractivity contribution in [3.63, 3.8) is 0 Å². The largest absolute Gasteiger partial charge is 0.382 e. The number of H-pyrrole nitrogens is 1. The van der Waals surface area contributed by atoms with Gasteiger partial charge in [0.1, 0.15) is 0 Å². The second kappa shape index (κ2) is 11.2. The van der Waals surface area contributed by atoms with Crippen molar-refractivity contribution < 1.29 is 17.9 Å². The highest BCUT2D eigenvalue weighted by atomic mass is 32.2. The van der Waals surface area contributed by atoms with Crippen LogP contribution in [0, 0.1) is 0 Å². The first-order valence-electron chi connectivity index (χ1n) is 10.4. The van der Waals surface area contributed by atoms with E-state index in [0.717, 1.165) is 12.8 Å². The Bertz CT molecular complexity index is 1020. The molecule has 0 aliphatic heterocycles. The van der Waals surface area contributed by atoms with Gasteiger partial charge in [-0.3, -0.25) is 9.59 Å². The smallest absolute Gasteiger partial charge is 0.252 e. The lowest BCUT2D eigenvalue weighted by molar-refractivity contribution is 0.0945. The molecule has 0 saturated heterocycles. The molecule has 30 heavy (non-hydrogen) atoms. The Morgan fingerprint density at radius 3 is 2.60 bits per heavy atom. The topological polar surface area (TPSA) is 109 Å². The molecule has 0 aliphatic rings. The molecule has 0 atom stereocenters. The minimum absolute atomic E-state index is 0.102. The Balaban J connectivity index is 2.38. The number of aromatic amines is 1. The third kappa shape index (κ3) is 5.90. The number of ether oxygens (including phenoxy) is 1. The normalized spacial score (nSPS) is 11.9. The summed E-state index contributed by atoms with van der Waals surface area (Å²) in [6.07, 6.45) is 2.30. The molecule has 0 fully saturated rings. The fourth-order valence-corrected chi connectivity index (χ4v) is 4.64. The molecule has 1 aromatic heterocycles. The van der Waals surface area contributed by atoms with Crippen molar-refractivity contribution in [1.82, 2.24) is 14.6 Å². The second-order valence-electron chi connectivity index (χ2n) is 6.91. The number of unbranched alkanes of at least 4 members (excludes halogenated alkanes) is 1. The zero-order chi connectivity index (χ0) is 22.1. The lowest BCUT2D eigenvalue weighted by Gasteiger charge is -2.20. The van der Waals surface area contributed by atoms with Crippen LogP contribution in [0.5, 0.6) is 0 Å². The van der Waals surface area contributed by atoms with Crippen LogP contribution in [0.3, 0.4) is 0 Å². The van der Waals surface area contributed by atoms with E-state index in [9.17, 15) is 18.0 Å². The summed E-state index contributed by atoms with van der Waals surface area (Å²) in [6, 6.07) is 5.66. The van der Waals surface area contributed by atoms with Crippen molar-refractivity contribution in [2.75, 3.05) is 32.8 Å². The van der Waals surface area contributed by atoms with E-state index in [2.05, 4.69) is 10.3 Å². The first-order valence-corrected chi connectivity index (χ1v) is 11.8. The summed E-state index contributed by atoms with van der Waals surface area (Å²) in [5, 5.41) is 3.16. The van der Waals surface area contributed by atoms with Gasteiger partial charge < -0.3 is 15.0 Å². The number of carbonyl (C=O) groups excluding carboxylic acids is 1. The first-order chi connectivity index (χ1) is 14.3. The number of pyridine rings is 1. The highest BCUT2D eigenvalue weighted by molar-refractivity contribution is 7.89. The van der Waals surface area contributed by atoms with Crippen molar-refractivity contribution in [3.05, 3.63) is 40.2 Å². The van der Waals surface area contributed by atoms with Gasteiger partial charge in [-0.2, -0.15) is 4.31 Å². The Labute approximate surface area is 177 Å². The third-order valence-corrected chi connectivity index (χ3v) is 6.74. The molecule has 2 rings (SSSR count). The van der Waals surface area contributed by atoms with Crippen molar-refractivity contribution >= 4 is 26.8 Å². The maximum atomic E-state index is 13.1. The number of hydrogen-bond acceptors (Lipinski definition) is 5. The van der Waals surface area contributed by atoms with Gasteiger partial charge in [0.15, 0.2) is 0 Å². The SMILES string of the molecule is CCCCN(CC)S(=O)(=O)c1ccc2[nH]c(=O)cc(C(=O)NCCCOCC)c2c1. The van der Waals surface area contributed by atoms with E-state index >= 15 is 0 Å². The minimum Gasteiger partial charge on any atom is -0.382 e. The molecule has 0 aliphatic carbocycles. The fraction of sp³-hybridized carbons (Fsp3) is 0.524. The second-order valence-corrected chi connectivity index (χ2v) is 8.85. The fourth-order valence-electron chi connectivity index (χ4n) is 3.13. The predicted octanol–water partition coefficient (Wildman–Crippen LogP) is 2.50. The number of sulfonamides is 1. The van der Waals surface area contributed by atoms with Crippen molar-refractivity contribution in [2.24, 2.45) is 0 Å². The van der Waals surface area contributed by atoms with E-state index in [1.54, 1.807) is 6.92 Å². The van der Waals surface area contributed by atoms with E-state index in [-0.39, 0.29) is 10.5 Å². The number of hydrogen-bond donors (Lipinski definition) is 2. The maximum absolute atomic E-state index is 13.1. The number of rotatable bonds is 12. The minimum atomic E-state index is -3.70. The molecular formula is C21H31N3O5S. The molecule has 1 heterocycles. The molecule has 2 N–H and O–H groups in total. The summed E-state index contributed by atoms with van der Waals surface area (Å²) in [7, 11) is -3.70. The van der Waals surface area contributed by atoms with E-state index in [0.29, 0.717) is 50.2 Å². The molecule has 0 unspecified atom stereocenters. The Morgan fingerprint density at radius 2 is 1.93 bits per heavy atom. The third-order valence-electron chi connectivity index (χ3n) is 4.77. The standard InChI is InChI=1S/C21H31N3O5S/c1-4-7-12-24(5-2)30(27,28)16-9-10-19-17(14-16)18(15-20(25)23-19)21(26)22-11-8-13-29-6-3/h9-10,14-15H,4-8,11-13H2,1-3H3,(H,22,26)(H,23,25). The lowest BCUT2D eigenvalue weighted by Crippen LogP contribution is -2.32. The summed E-state index contributed by atoms with van der Waals surface area (Å²) in [5.74, 6) is -0.421. The van der Waals surface area contributed by atoms with E-state index in [1.807, 2.05) is 13.8 Å². The van der Waals surface area contributed by atoms with Gasteiger partial charge in [-0.1, -0.05) is 20.3 Å². The van der Waals surface area contributed by atoms with Crippen LogP contribution in [0.25, 0.3) is 10.9 Å². The van der Waals surface area contributed by atoms with Crippen LogP contribution in [0.1, 0.15) is 50.4 Å². The highest BCUT2D eigenvalue weighted by Crippen LogP contribution is 2.23. The van der Waals surface area contributed by atoms with Crippen LogP contribution in [0.15, 0.2) is 34.0 Å². The van der Waals surface area contributed by atoms with Crippen molar-refractivity contribution in [1.29, 1.82) is 0 Å². The number of benzene rings is 1. The number of carbonyl (C=O) groups is 1. The zero-order valence-electron chi connectivity index (χ0n) is 17.9. The number of nitrogens with one attached hydrogen (secondary N) is 2. The van der Waals surface area contributed by atoms with E-state index in [1.165, 1.54) is 28.6 Å². The molecule has 1 aromatic carbocycles. The van der Waals surface area contributed by atoms with Gasteiger partial charge in [0, 0.05) is 49.8 Å². The molecule has 0 radical (unpaired) electrons. The van der Waals surface area contributed by atoms with Gasteiger partial charge in [0.2, 0.25) is 15.6 Å². The maximum Gasteiger partial charge on any atom is 0.252 e. The van der Waals surface area contributed by atoms with Crippen LogP contribution in [0.4, 0.5) is 0 Å². The molecular weight excluding hydrogens is 406 g/mol. The summed E-state index contributed by atoms with van der Waals surface area (Å²) in [5.41, 5.74) is 0.145. The van der Waals surface area contributed by atoms with Gasteiger partial charge in [-0.15, -0.1) is 0 Å². The molecule has 0 bridgehead atoms. The average Bonchev–Trinajstić information content (AvgIpc) is 2.72. The molecule has 1 amide bonds. The monoisotopic (exact) mass is 437 g/mol. The Kier molecular flexibility index (Phi) is 9.01. The number of fused-ring (bicyclic) bond motifs is 1. The highest BCUT2D eigenvalue weighted by Gasteiger charge is 2.24. The zero-order valence-corrected chi connectivity index (χ0v) is 18.7. The van der Waals surface area contributed by atoms with Crippen LogP contribution in [0.2, 0.25) is 0 Å². The van der Waals surface area contributed by atoms with E-state index < -0.39 is 21.5 Å². The first kappa shape index (κ1) is 24.0. The summed E-state index contributed by atoms with van der Waals surface area (Å²) in [6.45, 7) is 8.03. The Hall–Kier alpha value is -2.23. The van der Waals surface area contributed by atoms with Crippen LogP contribution in [-0.4, -0.2) is 56.5 Å². The van der Waals surface area contributed by atoms with Gasteiger partial charge >= 0.3 is 0 Å². The van der Waals surface area contributed by atoms with Crippen LogP contribution in [-0.2, 0) is 14.8 Å². The van der Waals surface area contributed by atoms with Gasteiger partial charge in [0.05, 0.1) is 10.5 Å². The number of aromatic nitrogens is 1. The van der Waals surface area contributed by atoms with Crippen LogP contribution >= 0.6 is 0 Å².